The fourth-order valence-electron chi connectivity index (χ4n) is 3.31. The molecule has 1 N–H and O–H groups in total. The lowest BCUT2D eigenvalue weighted by Crippen LogP contribution is -2.37. The second-order valence-corrected chi connectivity index (χ2v) is 6.87. The van der Waals surface area contributed by atoms with Crippen LogP contribution in [0.3, 0.4) is 0 Å². The Morgan fingerprint density at radius 1 is 1.36 bits per heavy atom. The Hall–Kier alpha value is -1.99. The Bertz CT molecular complexity index is 713. The van der Waals surface area contributed by atoms with Crippen molar-refractivity contribution >= 4 is 17.4 Å². The van der Waals surface area contributed by atoms with Crippen molar-refractivity contribution in [1.29, 1.82) is 0 Å². The number of ether oxygens (including phenoxy) is 1. The predicted octanol–water partition coefficient (Wildman–Crippen LogP) is 2.68. The molecule has 2 heterocycles. The molecule has 1 aromatic carbocycles. The minimum atomic E-state index is -0.0917. The van der Waals surface area contributed by atoms with E-state index >= 15 is 0 Å². The molecule has 1 atom stereocenters. The molecule has 0 spiro atoms. The van der Waals surface area contributed by atoms with Crippen molar-refractivity contribution < 1.29 is 9.53 Å². The maximum Gasteiger partial charge on any atom is 0.265 e. The van der Waals surface area contributed by atoms with Crippen LogP contribution in [0.25, 0.3) is 0 Å². The highest BCUT2D eigenvalue weighted by Gasteiger charge is 2.27. The first-order valence-electron chi connectivity index (χ1n) is 8.71. The number of aromatic nitrogens is 2. The Labute approximate surface area is 152 Å². The van der Waals surface area contributed by atoms with Gasteiger partial charge in [-0.1, -0.05) is 29.6 Å². The number of hydrogen-bond donors (Lipinski definition) is 1. The normalized spacial score (nSPS) is 15.9. The van der Waals surface area contributed by atoms with Crippen molar-refractivity contribution in [2.45, 2.75) is 32.2 Å². The smallest absolute Gasteiger partial charge is 0.265 e. The van der Waals surface area contributed by atoms with Crippen LogP contribution in [0.5, 0.6) is 5.75 Å². The van der Waals surface area contributed by atoms with Crippen LogP contribution in [-0.2, 0) is 6.42 Å². The first-order chi connectivity index (χ1) is 12.2. The van der Waals surface area contributed by atoms with Gasteiger partial charge >= 0.3 is 0 Å². The van der Waals surface area contributed by atoms with E-state index in [0.29, 0.717) is 17.8 Å². The molecule has 1 aliphatic rings. The summed E-state index contributed by atoms with van der Waals surface area (Å²) in [6, 6.07) is 8.15. The molecule has 25 heavy (non-hydrogen) atoms. The molecule has 7 heteroatoms. The number of amides is 1. The van der Waals surface area contributed by atoms with Crippen molar-refractivity contribution in [3.8, 4) is 5.75 Å². The number of likely N-dealkylation sites (tertiary alicyclic amines) is 1. The van der Waals surface area contributed by atoms with Crippen LogP contribution in [0.15, 0.2) is 24.3 Å². The molecule has 2 aromatic rings. The number of nitrogens with one attached hydrogen (secondary N) is 1. The Morgan fingerprint density at radius 2 is 2.12 bits per heavy atom. The summed E-state index contributed by atoms with van der Waals surface area (Å²) >= 11 is 1.16. The van der Waals surface area contributed by atoms with Crippen LogP contribution in [0.1, 0.15) is 46.7 Å². The summed E-state index contributed by atoms with van der Waals surface area (Å²) in [6.07, 6.45) is 3.10. The maximum atomic E-state index is 12.6. The average Bonchev–Trinajstić information content (AvgIpc) is 3.33. The van der Waals surface area contributed by atoms with Gasteiger partial charge in [-0.2, -0.15) is 0 Å². The Morgan fingerprint density at radius 3 is 2.84 bits per heavy atom. The van der Waals surface area contributed by atoms with Crippen molar-refractivity contribution in [3.63, 3.8) is 0 Å². The molecular weight excluding hydrogens is 336 g/mol. The van der Waals surface area contributed by atoms with E-state index in [-0.39, 0.29) is 11.9 Å². The molecule has 1 aliphatic heterocycles. The number of carbonyl (C=O) groups excluding carboxylic acids is 1. The summed E-state index contributed by atoms with van der Waals surface area (Å²) < 4.78 is 9.45. The van der Waals surface area contributed by atoms with Crippen molar-refractivity contribution in [3.05, 3.63) is 40.4 Å². The van der Waals surface area contributed by atoms with E-state index in [0.717, 1.165) is 41.6 Å². The average molecular weight is 360 g/mol. The molecule has 0 aliphatic carbocycles. The zero-order valence-corrected chi connectivity index (χ0v) is 15.5. The van der Waals surface area contributed by atoms with E-state index < -0.39 is 0 Å². The quantitative estimate of drug-likeness (QED) is 0.822. The van der Waals surface area contributed by atoms with Gasteiger partial charge in [0.1, 0.15) is 10.6 Å². The third-order valence-corrected chi connectivity index (χ3v) is 5.40. The summed E-state index contributed by atoms with van der Waals surface area (Å²) in [4.78, 5) is 15.6. The lowest BCUT2D eigenvalue weighted by atomic mass is 10.0. The molecular formula is C18H24N4O2S. The van der Waals surface area contributed by atoms with Crippen LogP contribution < -0.4 is 10.1 Å². The molecule has 1 fully saturated rings. The van der Waals surface area contributed by atoms with Crippen LogP contribution in [-0.4, -0.2) is 47.1 Å². The molecule has 6 nitrogen and oxygen atoms in total. The number of benzene rings is 1. The van der Waals surface area contributed by atoms with E-state index in [4.69, 9.17) is 4.74 Å². The van der Waals surface area contributed by atoms with Crippen molar-refractivity contribution in [2.75, 3.05) is 26.7 Å². The van der Waals surface area contributed by atoms with Gasteiger partial charge in [0.05, 0.1) is 18.8 Å². The minimum absolute atomic E-state index is 0.0917. The molecule has 0 bridgehead atoms. The fourth-order valence-corrected chi connectivity index (χ4v) is 3.98. The SMILES string of the molecule is CCc1nnsc1C(=O)NCC(c1ccccc1OC)N1CCCC1. The van der Waals surface area contributed by atoms with Crippen molar-refractivity contribution in [2.24, 2.45) is 0 Å². The van der Waals surface area contributed by atoms with Crippen LogP contribution in [0.4, 0.5) is 0 Å². The van der Waals surface area contributed by atoms with Crippen LogP contribution in [0.2, 0.25) is 0 Å². The summed E-state index contributed by atoms with van der Waals surface area (Å²) in [6.45, 7) is 4.61. The largest absolute Gasteiger partial charge is 0.496 e. The lowest BCUT2D eigenvalue weighted by molar-refractivity contribution is 0.0940. The first-order valence-corrected chi connectivity index (χ1v) is 9.48. The topological polar surface area (TPSA) is 67.3 Å². The second-order valence-electron chi connectivity index (χ2n) is 6.11. The highest BCUT2D eigenvalue weighted by atomic mass is 32.1. The number of methoxy groups -OCH3 is 1. The fraction of sp³-hybridized carbons (Fsp3) is 0.500. The summed E-state index contributed by atoms with van der Waals surface area (Å²) in [5.74, 6) is 0.772. The maximum absolute atomic E-state index is 12.6. The summed E-state index contributed by atoms with van der Waals surface area (Å²) in [7, 11) is 1.69. The van der Waals surface area contributed by atoms with E-state index in [1.54, 1.807) is 7.11 Å². The minimum Gasteiger partial charge on any atom is -0.496 e. The Balaban J connectivity index is 1.77. The monoisotopic (exact) mass is 360 g/mol. The van der Waals surface area contributed by atoms with Gasteiger partial charge < -0.3 is 10.1 Å². The molecule has 1 saturated heterocycles. The third kappa shape index (κ3) is 3.99. The van der Waals surface area contributed by atoms with E-state index in [9.17, 15) is 4.79 Å². The molecule has 1 amide bonds. The van der Waals surface area contributed by atoms with Gasteiger partial charge in [-0.05, 0) is 50.0 Å². The molecule has 0 radical (unpaired) electrons. The third-order valence-electron chi connectivity index (χ3n) is 4.63. The highest BCUT2D eigenvalue weighted by molar-refractivity contribution is 7.08. The number of rotatable bonds is 7. The molecule has 0 saturated carbocycles. The van der Waals surface area contributed by atoms with Crippen LogP contribution in [0, 0.1) is 0 Å². The summed E-state index contributed by atoms with van der Waals surface area (Å²) in [5.41, 5.74) is 1.88. The molecule has 134 valence electrons. The zero-order valence-electron chi connectivity index (χ0n) is 14.7. The van der Waals surface area contributed by atoms with Gasteiger partial charge in [-0.25, -0.2) is 0 Å². The Kier molecular flexibility index (Phi) is 5.99. The first kappa shape index (κ1) is 17.8. The number of carbonyl (C=O) groups is 1. The lowest BCUT2D eigenvalue weighted by Gasteiger charge is -2.29. The number of aryl methyl sites for hydroxylation is 1. The standard InChI is InChI=1S/C18H24N4O2S/c1-3-14-17(25-21-20-14)18(23)19-12-15(22-10-6-7-11-22)13-8-4-5-9-16(13)24-2/h4-5,8-9,15H,3,6-7,10-12H2,1-2H3,(H,19,23). The van der Waals surface area contributed by atoms with E-state index in [1.165, 1.54) is 12.8 Å². The van der Waals surface area contributed by atoms with Gasteiger partial charge in [0.2, 0.25) is 0 Å². The van der Waals surface area contributed by atoms with Gasteiger partial charge in [0.15, 0.2) is 0 Å². The zero-order chi connectivity index (χ0) is 17.6. The van der Waals surface area contributed by atoms with Crippen molar-refractivity contribution in [1.82, 2.24) is 19.8 Å². The van der Waals surface area contributed by atoms with Gasteiger partial charge in [0.25, 0.3) is 5.91 Å². The number of para-hydroxylation sites is 1. The van der Waals surface area contributed by atoms with E-state index in [2.05, 4.69) is 25.9 Å². The number of nitrogens with zero attached hydrogens (tertiary/aromatic N) is 3. The predicted molar refractivity (Wildman–Crippen MR) is 98.2 cm³/mol. The van der Waals surface area contributed by atoms with Crippen LogP contribution >= 0.6 is 11.5 Å². The molecule has 1 aromatic heterocycles. The second kappa shape index (κ2) is 8.40. The molecule has 3 rings (SSSR count). The molecule has 1 unspecified atom stereocenters. The van der Waals surface area contributed by atoms with E-state index in [1.807, 2.05) is 25.1 Å². The number of hydrogen-bond acceptors (Lipinski definition) is 6. The van der Waals surface area contributed by atoms with Gasteiger partial charge in [-0.3, -0.25) is 9.69 Å². The summed E-state index contributed by atoms with van der Waals surface area (Å²) in [5, 5.41) is 7.10. The highest BCUT2D eigenvalue weighted by Crippen LogP contribution is 2.31. The van der Waals surface area contributed by atoms with Gasteiger partial charge in [0, 0.05) is 12.1 Å². The van der Waals surface area contributed by atoms with Gasteiger partial charge in [-0.15, -0.1) is 5.10 Å².